The van der Waals surface area contributed by atoms with Gasteiger partial charge in [-0.25, -0.2) is 0 Å². The summed E-state index contributed by atoms with van der Waals surface area (Å²) in [4.78, 5) is 13.2. The molecule has 5 heteroatoms. The van der Waals surface area contributed by atoms with Gasteiger partial charge in [-0.2, -0.15) is 0 Å². The monoisotopic (exact) mass is 308 g/mol. The normalized spacial score (nSPS) is 14.8. The number of likely N-dealkylation sites (N-methyl/N-ethyl adjacent to an activating group) is 1. The molecule has 4 nitrogen and oxygen atoms in total. The Bertz CT molecular complexity index is 678. The summed E-state index contributed by atoms with van der Waals surface area (Å²) in [6.45, 7) is 4.66. The quantitative estimate of drug-likeness (QED) is 0.948. The van der Waals surface area contributed by atoms with E-state index >= 15 is 0 Å². The van der Waals surface area contributed by atoms with Gasteiger partial charge in [0.2, 0.25) is 0 Å². The van der Waals surface area contributed by atoms with Gasteiger partial charge in [0.25, 0.3) is 0 Å². The number of nitrogens with zero attached hydrogens (tertiary/aromatic N) is 2. The standard InChI is InChI=1S/C16H20N2O2.ClH/c1-11-3-4-14-12(9-11)13-10-17(2)7-5-15(13)18(14)8-6-16(19)20;/h3-4,9H,5-8,10H2,1-2H3,(H,19,20);1H. The van der Waals surface area contributed by atoms with Gasteiger partial charge in [-0.1, -0.05) is 11.6 Å². The molecule has 2 aromatic rings. The summed E-state index contributed by atoms with van der Waals surface area (Å²) >= 11 is 0. The molecule has 1 N–H and O–H groups in total. The van der Waals surface area contributed by atoms with Gasteiger partial charge in [-0.15, -0.1) is 12.4 Å². The van der Waals surface area contributed by atoms with Crippen molar-refractivity contribution in [2.75, 3.05) is 13.6 Å². The largest absolute Gasteiger partial charge is 0.481 e. The van der Waals surface area contributed by atoms with Crippen LogP contribution in [0.5, 0.6) is 0 Å². The van der Waals surface area contributed by atoms with E-state index in [-0.39, 0.29) is 18.8 Å². The molecule has 1 aromatic heterocycles. The highest BCUT2D eigenvalue weighted by Gasteiger charge is 2.22. The molecule has 1 aliphatic heterocycles. The molecule has 3 rings (SSSR count). The van der Waals surface area contributed by atoms with Gasteiger partial charge in [0.1, 0.15) is 0 Å². The fraction of sp³-hybridized carbons (Fsp3) is 0.438. The molecule has 0 aliphatic carbocycles. The molecule has 0 unspecified atom stereocenters. The van der Waals surface area contributed by atoms with E-state index in [1.54, 1.807) is 0 Å². The number of hydrogen-bond acceptors (Lipinski definition) is 2. The maximum atomic E-state index is 10.9. The molecule has 0 radical (unpaired) electrons. The smallest absolute Gasteiger partial charge is 0.305 e. The van der Waals surface area contributed by atoms with Crippen LogP contribution in [0.2, 0.25) is 0 Å². The lowest BCUT2D eigenvalue weighted by Crippen LogP contribution is -2.27. The lowest BCUT2D eigenvalue weighted by molar-refractivity contribution is -0.137. The fourth-order valence-electron chi connectivity index (χ4n) is 3.16. The molecule has 1 aliphatic rings. The van der Waals surface area contributed by atoms with Crippen LogP contribution >= 0.6 is 12.4 Å². The van der Waals surface area contributed by atoms with E-state index in [2.05, 4.69) is 41.6 Å². The molecule has 0 fully saturated rings. The zero-order valence-electron chi connectivity index (χ0n) is 12.4. The average molecular weight is 309 g/mol. The highest BCUT2D eigenvalue weighted by Crippen LogP contribution is 2.31. The number of carboxylic acid groups (broad SMARTS) is 1. The van der Waals surface area contributed by atoms with Crippen molar-refractivity contribution in [2.45, 2.75) is 32.9 Å². The van der Waals surface area contributed by atoms with Crippen LogP contribution in [0.15, 0.2) is 18.2 Å². The zero-order chi connectivity index (χ0) is 14.3. The van der Waals surface area contributed by atoms with Crippen molar-refractivity contribution in [1.29, 1.82) is 0 Å². The number of halogens is 1. The third kappa shape index (κ3) is 2.92. The van der Waals surface area contributed by atoms with Crippen molar-refractivity contribution in [2.24, 2.45) is 0 Å². The molecule has 0 bridgehead atoms. The molecule has 0 atom stereocenters. The Labute approximate surface area is 130 Å². The number of carboxylic acids is 1. The summed E-state index contributed by atoms with van der Waals surface area (Å²) in [6.07, 6.45) is 1.18. The molecule has 21 heavy (non-hydrogen) atoms. The molecule has 0 spiro atoms. The molecular weight excluding hydrogens is 288 g/mol. The van der Waals surface area contributed by atoms with Crippen molar-refractivity contribution < 1.29 is 9.90 Å². The number of aromatic nitrogens is 1. The van der Waals surface area contributed by atoms with Crippen LogP contribution in [-0.4, -0.2) is 34.1 Å². The first-order valence-corrected chi connectivity index (χ1v) is 7.07. The first kappa shape index (κ1) is 15.9. The molecule has 0 saturated carbocycles. The van der Waals surface area contributed by atoms with Gasteiger partial charge in [0.05, 0.1) is 6.42 Å². The second kappa shape index (κ2) is 6.08. The van der Waals surface area contributed by atoms with Gasteiger partial charge in [-0.05, 0) is 31.7 Å². The SMILES string of the molecule is Cc1ccc2c(c1)c1c(n2CCC(=O)O)CCN(C)C1.Cl. The number of fused-ring (bicyclic) bond motifs is 3. The predicted octanol–water partition coefficient (Wildman–Crippen LogP) is 2.83. The summed E-state index contributed by atoms with van der Waals surface area (Å²) in [5.41, 5.74) is 5.13. The first-order chi connectivity index (χ1) is 9.56. The van der Waals surface area contributed by atoms with Crippen LogP contribution in [0.4, 0.5) is 0 Å². The zero-order valence-corrected chi connectivity index (χ0v) is 13.2. The van der Waals surface area contributed by atoms with Crippen molar-refractivity contribution >= 4 is 29.3 Å². The minimum Gasteiger partial charge on any atom is -0.481 e. The Morgan fingerprint density at radius 1 is 1.38 bits per heavy atom. The predicted molar refractivity (Wildman–Crippen MR) is 86.2 cm³/mol. The average Bonchev–Trinajstić information content (AvgIpc) is 2.69. The third-order valence-electron chi connectivity index (χ3n) is 4.15. The molecule has 114 valence electrons. The molecule has 2 heterocycles. The summed E-state index contributed by atoms with van der Waals surface area (Å²) in [5, 5.41) is 10.2. The van der Waals surface area contributed by atoms with E-state index in [0.29, 0.717) is 6.54 Å². The van der Waals surface area contributed by atoms with Crippen LogP contribution in [0.1, 0.15) is 23.2 Å². The Balaban J connectivity index is 0.00000161. The number of benzene rings is 1. The third-order valence-corrected chi connectivity index (χ3v) is 4.15. The van der Waals surface area contributed by atoms with Crippen molar-refractivity contribution in [3.8, 4) is 0 Å². The van der Waals surface area contributed by atoms with E-state index in [1.807, 2.05) is 0 Å². The number of carbonyl (C=O) groups is 1. The Hall–Kier alpha value is -1.52. The molecule has 0 amide bonds. The Kier molecular flexibility index (Phi) is 4.59. The van der Waals surface area contributed by atoms with Crippen molar-refractivity contribution in [3.63, 3.8) is 0 Å². The van der Waals surface area contributed by atoms with Gasteiger partial charge >= 0.3 is 5.97 Å². The van der Waals surface area contributed by atoms with E-state index < -0.39 is 5.97 Å². The lowest BCUT2D eigenvalue weighted by atomic mass is 10.0. The number of aliphatic carboxylic acids is 1. The molecule has 0 saturated heterocycles. The fourth-order valence-corrected chi connectivity index (χ4v) is 3.16. The summed E-state index contributed by atoms with van der Waals surface area (Å²) in [6, 6.07) is 6.46. The van der Waals surface area contributed by atoms with E-state index in [9.17, 15) is 4.79 Å². The van der Waals surface area contributed by atoms with Crippen LogP contribution in [0.25, 0.3) is 10.9 Å². The second-order valence-corrected chi connectivity index (χ2v) is 5.73. The maximum absolute atomic E-state index is 10.9. The molecular formula is C16H21ClN2O2. The maximum Gasteiger partial charge on any atom is 0.305 e. The van der Waals surface area contributed by atoms with Crippen LogP contribution in [0.3, 0.4) is 0 Å². The minimum absolute atomic E-state index is 0. The van der Waals surface area contributed by atoms with Gasteiger partial charge in [-0.3, -0.25) is 4.79 Å². The van der Waals surface area contributed by atoms with Gasteiger partial charge in [0.15, 0.2) is 0 Å². The highest BCUT2D eigenvalue weighted by molar-refractivity contribution is 5.86. The number of aryl methyl sites for hydroxylation is 2. The van der Waals surface area contributed by atoms with Crippen LogP contribution in [0, 0.1) is 6.92 Å². The topological polar surface area (TPSA) is 45.5 Å². The van der Waals surface area contributed by atoms with E-state index in [1.165, 1.54) is 27.7 Å². The lowest BCUT2D eigenvalue weighted by Gasteiger charge is -2.24. The number of hydrogen-bond donors (Lipinski definition) is 1. The van der Waals surface area contributed by atoms with Gasteiger partial charge in [0, 0.05) is 42.7 Å². The Morgan fingerprint density at radius 3 is 2.86 bits per heavy atom. The molecule has 1 aromatic carbocycles. The second-order valence-electron chi connectivity index (χ2n) is 5.73. The summed E-state index contributed by atoms with van der Waals surface area (Å²) in [7, 11) is 2.14. The Morgan fingerprint density at radius 2 is 2.14 bits per heavy atom. The van der Waals surface area contributed by atoms with E-state index in [0.717, 1.165) is 19.5 Å². The van der Waals surface area contributed by atoms with Crippen LogP contribution in [-0.2, 0) is 24.3 Å². The highest BCUT2D eigenvalue weighted by atomic mass is 35.5. The number of rotatable bonds is 3. The van der Waals surface area contributed by atoms with Gasteiger partial charge < -0.3 is 14.6 Å². The first-order valence-electron chi connectivity index (χ1n) is 7.07. The van der Waals surface area contributed by atoms with Crippen molar-refractivity contribution in [1.82, 2.24) is 9.47 Å². The minimum atomic E-state index is -0.736. The van der Waals surface area contributed by atoms with E-state index in [4.69, 9.17) is 5.11 Å². The van der Waals surface area contributed by atoms with Crippen molar-refractivity contribution in [3.05, 3.63) is 35.0 Å². The summed E-state index contributed by atoms with van der Waals surface area (Å²) < 4.78 is 2.21. The summed E-state index contributed by atoms with van der Waals surface area (Å²) in [5.74, 6) is -0.736. The van der Waals surface area contributed by atoms with Crippen LogP contribution < -0.4 is 0 Å².